The van der Waals surface area contributed by atoms with Crippen LogP contribution < -0.4 is 5.32 Å². The molecular formula is C15H29NO. The Balaban J connectivity index is 1.83. The summed E-state index contributed by atoms with van der Waals surface area (Å²) in [5, 5.41) is 3.61. The zero-order valence-electron chi connectivity index (χ0n) is 11.7. The van der Waals surface area contributed by atoms with Crippen LogP contribution in [-0.4, -0.2) is 25.3 Å². The van der Waals surface area contributed by atoms with Crippen LogP contribution >= 0.6 is 0 Å². The molecule has 0 aromatic heterocycles. The van der Waals surface area contributed by atoms with Crippen molar-refractivity contribution in [2.24, 2.45) is 17.8 Å². The lowest BCUT2D eigenvalue weighted by molar-refractivity contribution is -0.0207. The molecule has 0 aromatic carbocycles. The lowest BCUT2D eigenvalue weighted by Crippen LogP contribution is -2.46. The minimum absolute atomic E-state index is 0.469. The third-order valence-corrected chi connectivity index (χ3v) is 4.48. The Bertz CT molecular complexity index is 225. The summed E-state index contributed by atoms with van der Waals surface area (Å²) in [6.45, 7) is 9.00. The molecule has 2 nitrogen and oxygen atoms in total. The largest absolute Gasteiger partial charge is 0.376 e. The fraction of sp³-hybridized carbons (Fsp3) is 1.00. The van der Waals surface area contributed by atoms with Crippen molar-refractivity contribution in [1.82, 2.24) is 5.32 Å². The molecule has 3 atom stereocenters. The molecule has 2 saturated carbocycles. The van der Waals surface area contributed by atoms with Crippen LogP contribution in [0.25, 0.3) is 0 Å². The molecule has 2 rings (SSSR count). The Morgan fingerprint density at radius 1 is 1.18 bits per heavy atom. The molecule has 0 radical (unpaired) electrons. The first-order valence-corrected chi connectivity index (χ1v) is 7.55. The van der Waals surface area contributed by atoms with E-state index in [0.717, 1.165) is 30.9 Å². The molecule has 0 aliphatic heterocycles. The van der Waals surface area contributed by atoms with Crippen molar-refractivity contribution in [3.05, 3.63) is 0 Å². The molecule has 0 saturated heterocycles. The molecule has 0 amide bonds. The van der Waals surface area contributed by atoms with Crippen molar-refractivity contribution in [1.29, 1.82) is 0 Å². The van der Waals surface area contributed by atoms with E-state index in [2.05, 4.69) is 26.1 Å². The van der Waals surface area contributed by atoms with E-state index in [4.69, 9.17) is 4.74 Å². The van der Waals surface area contributed by atoms with E-state index in [-0.39, 0.29) is 0 Å². The number of likely N-dealkylation sites (N-methyl/N-ethyl adjacent to an activating group) is 1. The molecular weight excluding hydrogens is 210 g/mol. The normalized spacial score (nSPS) is 34.2. The van der Waals surface area contributed by atoms with Crippen LogP contribution in [0.3, 0.4) is 0 Å². The van der Waals surface area contributed by atoms with E-state index in [0.29, 0.717) is 12.1 Å². The van der Waals surface area contributed by atoms with E-state index in [1.54, 1.807) is 0 Å². The Hall–Kier alpha value is -0.0800. The first-order chi connectivity index (χ1) is 8.20. The summed E-state index contributed by atoms with van der Waals surface area (Å²) < 4.78 is 6.19. The average molecular weight is 239 g/mol. The minimum Gasteiger partial charge on any atom is -0.376 e. The third kappa shape index (κ3) is 3.96. The van der Waals surface area contributed by atoms with Crippen LogP contribution in [0.1, 0.15) is 52.9 Å². The van der Waals surface area contributed by atoms with Crippen LogP contribution in [0.2, 0.25) is 0 Å². The maximum absolute atomic E-state index is 6.19. The standard InChI is InChI=1S/C15H29NO/c1-4-16-14-8-7-13(11(2)3)9-15(14)17-10-12-5-6-12/h11-16H,4-10H2,1-3H3. The van der Waals surface area contributed by atoms with Gasteiger partial charge in [-0.1, -0.05) is 20.8 Å². The third-order valence-electron chi connectivity index (χ3n) is 4.48. The molecule has 100 valence electrons. The van der Waals surface area contributed by atoms with E-state index < -0.39 is 0 Å². The van der Waals surface area contributed by atoms with E-state index in [9.17, 15) is 0 Å². The topological polar surface area (TPSA) is 21.3 Å². The summed E-state index contributed by atoms with van der Waals surface area (Å²) >= 11 is 0. The fourth-order valence-corrected chi connectivity index (χ4v) is 2.99. The Morgan fingerprint density at radius 3 is 2.53 bits per heavy atom. The highest BCUT2D eigenvalue weighted by atomic mass is 16.5. The second kappa shape index (κ2) is 6.19. The quantitative estimate of drug-likeness (QED) is 0.768. The maximum Gasteiger partial charge on any atom is 0.0730 e. The van der Waals surface area contributed by atoms with Crippen molar-refractivity contribution >= 4 is 0 Å². The summed E-state index contributed by atoms with van der Waals surface area (Å²) in [6, 6.07) is 0.605. The van der Waals surface area contributed by atoms with Gasteiger partial charge in [-0.25, -0.2) is 0 Å². The van der Waals surface area contributed by atoms with Crippen LogP contribution in [0.5, 0.6) is 0 Å². The van der Waals surface area contributed by atoms with E-state index >= 15 is 0 Å². The fourth-order valence-electron chi connectivity index (χ4n) is 2.99. The highest BCUT2D eigenvalue weighted by molar-refractivity contribution is 4.87. The molecule has 1 N–H and O–H groups in total. The number of hydrogen-bond acceptors (Lipinski definition) is 2. The monoisotopic (exact) mass is 239 g/mol. The minimum atomic E-state index is 0.469. The predicted octanol–water partition coefficient (Wildman–Crippen LogP) is 3.22. The van der Waals surface area contributed by atoms with Crippen molar-refractivity contribution < 1.29 is 4.74 Å². The lowest BCUT2D eigenvalue weighted by Gasteiger charge is -2.38. The summed E-state index contributed by atoms with van der Waals surface area (Å²) in [7, 11) is 0. The molecule has 2 aliphatic carbocycles. The van der Waals surface area contributed by atoms with Gasteiger partial charge in [-0.3, -0.25) is 0 Å². The summed E-state index contributed by atoms with van der Waals surface area (Å²) in [6.07, 6.45) is 7.20. The van der Waals surface area contributed by atoms with Crippen molar-refractivity contribution in [3.8, 4) is 0 Å². The molecule has 0 heterocycles. The Labute approximate surface area is 107 Å². The summed E-state index contributed by atoms with van der Waals surface area (Å²) in [4.78, 5) is 0. The number of hydrogen-bond donors (Lipinski definition) is 1. The van der Waals surface area contributed by atoms with Crippen molar-refractivity contribution in [3.63, 3.8) is 0 Å². The first-order valence-electron chi connectivity index (χ1n) is 7.55. The van der Waals surface area contributed by atoms with Crippen molar-refractivity contribution in [2.75, 3.05) is 13.2 Å². The molecule has 3 unspecified atom stereocenters. The van der Waals surface area contributed by atoms with Gasteiger partial charge in [-0.2, -0.15) is 0 Å². The Kier molecular flexibility index (Phi) is 4.87. The molecule has 0 spiro atoms. The molecule has 2 fully saturated rings. The van der Waals surface area contributed by atoms with E-state index in [1.807, 2.05) is 0 Å². The van der Waals surface area contributed by atoms with Gasteiger partial charge in [0.15, 0.2) is 0 Å². The average Bonchev–Trinajstić information content (AvgIpc) is 3.11. The molecule has 0 bridgehead atoms. The first kappa shape index (κ1) is 13.4. The number of nitrogens with one attached hydrogen (secondary N) is 1. The van der Waals surface area contributed by atoms with Gasteiger partial charge in [0.25, 0.3) is 0 Å². The second-order valence-electron chi connectivity index (χ2n) is 6.30. The zero-order valence-corrected chi connectivity index (χ0v) is 11.7. The van der Waals surface area contributed by atoms with Crippen molar-refractivity contribution in [2.45, 2.75) is 65.0 Å². The molecule has 2 heteroatoms. The van der Waals surface area contributed by atoms with Crippen LogP contribution in [0.4, 0.5) is 0 Å². The summed E-state index contributed by atoms with van der Waals surface area (Å²) in [5.74, 6) is 2.57. The van der Waals surface area contributed by atoms with Crippen LogP contribution in [0.15, 0.2) is 0 Å². The van der Waals surface area contributed by atoms with Gasteiger partial charge in [-0.05, 0) is 56.4 Å². The van der Waals surface area contributed by atoms with Gasteiger partial charge < -0.3 is 10.1 Å². The second-order valence-corrected chi connectivity index (χ2v) is 6.30. The van der Waals surface area contributed by atoms with Gasteiger partial charge in [0, 0.05) is 12.6 Å². The zero-order chi connectivity index (χ0) is 12.3. The Morgan fingerprint density at radius 2 is 1.94 bits per heavy atom. The molecule has 17 heavy (non-hydrogen) atoms. The van der Waals surface area contributed by atoms with Gasteiger partial charge in [0.1, 0.15) is 0 Å². The number of rotatable bonds is 6. The van der Waals surface area contributed by atoms with Crippen LogP contribution in [-0.2, 0) is 4.74 Å². The van der Waals surface area contributed by atoms with Gasteiger partial charge in [0.05, 0.1) is 6.10 Å². The highest BCUT2D eigenvalue weighted by Crippen LogP contribution is 2.34. The summed E-state index contributed by atoms with van der Waals surface area (Å²) in [5.41, 5.74) is 0. The lowest BCUT2D eigenvalue weighted by atomic mass is 9.78. The maximum atomic E-state index is 6.19. The van der Waals surface area contributed by atoms with Gasteiger partial charge in [0.2, 0.25) is 0 Å². The van der Waals surface area contributed by atoms with Gasteiger partial charge >= 0.3 is 0 Å². The number of ether oxygens (including phenoxy) is 1. The highest BCUT2D eigenvalue weighted by Gasteiger charge is 2.33. The van der Waals surface area contributed by atoms with Gasteiger partial charge in [-0.15, -0.1) is 0 Å². The smallest absolute Gasteiger partial charge is 0.0730 e. The molecule has 2 aliphatic rings. The SMILES string of the molecule is CCNC1CCC(C(C)C)CC1OCC1CC1. The predicted molar refractivity (Wildman–Crippen MR) is 72.1 cm³/mol. The van der Waals surface area contributed by atoms with E-state index in [1.165, 1.54) is 32.1 Å². The van der Waals surface area contributed by atoms with Crippen LogP contribution in [0, 0.1) is 17.8 Å². The molecule has 0 aromatic rings.